The highest BCUT2D eigenvalue weighted by Gasteiger charge is 2.11. The number of aryl methyl sites for hydroxylation is 2. The van der Waals surface area contributed by atoms with Gasteiger partial charge in [0.25, 0.3) is 5.82 Å². The molecular formula is C9H11N4+. The Kier molecular flexibility index (Phi) is 1.81. The minimum atomic E-state index is 0.892. The second-order valence-electron chi connectivity index (χ2n) is 2.89. The van der Waals surface area contributed by atoms with E-state index < -0.39 is 0 Å². The van der Waals surface area contributed by atoms with Crippen LogP contribution in [0.4, 0.5) is 0 Å². The number of aromatic nitrogens is 4. The van der Waals surface area contributed by atoms with Crippen LogP contribution in [0.3, 0.4) is 0 Å². The number of hydrogen-bond donors (Lipinski definition) is 0. The highest BCUT2D eigenvalue weighted by Crippen LogP contribution is 2.01. The van der Waals surface area contributed by atoms with Crippen LogP contribution in [0.2, 0.25) is 0 Å². The molecule has 1 heterocycles. The van der Waals surface area contributed by atoms with Crippen LogP contribution < -0.4 is 4.68 Å². The van der Waals surface area contributed by atoms with Gasteiger partial charge in [-0.25, -0.2) is 0 Å². The lowest BCUT2D eigenvalue weighted by atomic mass is 10.3. The van der Waals surface area contributed by atoms with Crippen LogP contribution in [0.1, 0.15) is 5.82 Å². The lowest BCUT2D eigenvalue weighted by molar-refractivity contribution is -0.737. The summed E-state index contributed by atoms with van der Waals surface area (Å²) in [5, 5.41) is 8.45. The van der Waals surface area contributed by atoms with E-state index in [1.807, 2.05) is 44.3 Å². The van der Waals surface area contributed by atoms with Gasteiger partial charge in [-0.2, -0.15) is 0 Å². The molecule has 0 spiro atoms. The zero-order valence-electron chi connectivity index (χ0n) is 7.68. The van der Waals surface area contributed by atoms with Gasteiger partial charge in [0.2, 0.25) is 0 Å². The summed E-state index contributed by atoms with van der Waals surface area (Å²) >= 11 is 0. The van der Waals surface area contributed by atoms with Gasteiger partial charge in [-0.05, 0) is 12.1 Å². The lowest BCUT2D eigenvalue weighted by Gasteiger charge is -1.87. The standard InChI is InChI=1S/C9H11N4/c1-8-10-13(11-12(8)2)9-6-4-3-5-7-9/h3-7H,1-2H3/q+1. The van der Waals surface area contributed by atoms with Crippen molar-refractivity contribution < 1.29 is 4.68 Å². The molecule has 0 amide bonds. The largest absolute Gasteiger partial charge is 0.295 e. The van der Waals surface area contributed by atoms with Crippen molar-refractivity contribution in [1.29, 1.82) is 0 Å². The minimum absolute atomic E-state index is 0.892. The maximum absolute atomic E-state index is 4.25. The van der Waals surface area contributed by atoms with Crippen molar-refractivity contribution in [2.75, 3.05) is 0 Å². The first-order chi connectivity index (χ1) is 6.27. The Labute approximate surface area is 76.4 Å². The average Bonchev–Trinajstić information content (AvgIpc) is 2.49. The Morgan fingerprint density at radius 2 is 1.92 bits per heavy atom. The molecule has 0 aliphatic heterocycles. The molecule has 1 aromatic carbocycles. The Hall–Kier alpha value is -1.71. The fourth-order valence-electron chi connectivity index (χ4n) is 1.08. The SMILES string of the molecule is Cc1nn(-c2ccccc2)n[n+]1C. The van der Waals surface area contributed by atoms with Crippen LogP contribution in [0.5, 0.6) is 0 Å². The molecule has 0 aliphatic carbocycles. The molecule has 0 radical (unpaired) electrons. The smallest absolute Gasteiger partial charge is 0.140 e. The Morgan fingerprint density at radius 3 is 2.46 bits per heavy atom. The fourth-order valence-corrected chi connectivity index (χ4v) is 1.08. The molecule has 4 nitrogen and oxygen atoms in total. The van der Waals surface area contributed by atoms with Gasteiger partial charge in [0.15, 0.2) is 5.69 Å². The summed E-state index contributed by atoms with van der Waals surface area (Å²) in [5.41, 5.74) is 0.978. The third-order valence-electron chi connectivity index (χ3n) is 1.91. The van der Waals surface area contributed by atoms with Gasteiger partial charge in [-0.1, -0.05) is 18.2 Å². The number of benzene rings is 1. The topological polar surface area (TPSA) is 34.6 Å². The number of hydrogen-bond acceptors (Lipinski definition) is 2. The van der Waals surface area contributed by atoms with Crippen LogP contribution in [-0.2, 0) is 7.05 Å². The summed E-state index contributed by atoms with van der Waals surface area (Å²) in [6, 6.07) is 9.85. The summed E-state index contributed by atoms with van der Waals surface area (Å²) in [5.74, 6) is 0.892. The van der Waals surface area contributed by atoms with Crippen molar-refractivity contribution >= 4 is 0 Å². The van der Waals surface area contributed by atoms with E-state index in [1.54, 1.807) is 9.48 Å². The monoisotopic (exact) mass is 175 g/mol. The van der Waals surface area contributed by atoms with Crippen molar-refractivity contribution in [2.24, 2.45) is 7.05 Å². The molecule has 4 heteroatoms. The van der Waals surface area contributed by atoms with E-state index in [2.05, 4.69) is 10.3 Å². The summed E-state index contributed by atoms with van der Waals surface area (Å²) < 4.78 is 1.74. The van der Waals surface area contributed by atoms with Crippen molar-refractivity contribution in [3.05, 3.63) is 36.2 Å². The second-order valence-corrected chi connectivity index (χ2v) is 2.89. The molecule has 1 aromatic heterocycles. The van der Waals surface area contributed by atoms with Crippen molar-refractivity contribution in [2.45, 2.75) is 6.92 Å². The normalized spacial score (nSPS) is 10.3. The number of rotatable bonds is 1. The van der Waals surface area contributed by atoms with E-state index in [1.165, 1.54) is 0 Å². The molecule has 0 fully saturated rings. The highest BCUT2D eigenvalue weighted by molar-refractivity contribution is 5.27. The van der Waals surface area contributed by atoms with Gasteiger partial charge in [0.05, 0.1) is 17.4 Å². The van der Waals surface area contributed by atoms with Gasteiger partial charge in [0, 0.05) is 11.7 Å². The first kappa shape index (κ1) is 7.91. The van der Waals surface area contributed by atoms with Crippen molar-refractivity contribution in [1.82, 2.24) is 15.1 Å². The Morgan fingerprint density at radius 1 is 1.23 bits per heavy atom. The Balaban J connectivity index is 2.48. The van der Waals surface area contributed by atoms with Crippen molar-refractivity contribution in [3.63, 3.8) is 0 Å². The third kappa shape index (κ3) is 1.42. The minimum Gasteiger partial charge on any atom is -0.140 e. The van der Waals surface area contributed by atoms with Gasteiger partial charge >= 0.3 is 0 Å². The summed E-state index contributed by atoms with van der Waals surface area (Å²) in [6.07, 6.45) is 0. The average molecular weight is 175 g/mol. The summed E-state index contributed by atoms with van der Waals surface area (Å²) in [6.45, 7) is 1.92. The van der Waals surface area contributed by atoms with Crippen LogP contribution in [0, 0.1) is 6.92 Å². The highest BCUT2D eigenvalue weighted by atomic mass is 15.6. The first-order valence-electron chi connectivity index (χ1n) is 4.13. The molecule has 0 saturated heterocycles. The molecule has 0 saturated carbocycles. The summed E-state index contributed by atoms with van der Waals surface area (Å²) in [4.78, 5) is 1.62. The van der Waals surface area contributed by atoms with Crippen LogP contribution in [-0.4, -0.2) is 15.1 Å². The van der Waals surface area contributed by atoms with Crippen LogP contribution >= 0.6 is 0 Å². The first-order valence-corrected chi connectivity index (χ1v) is 4.13. The van der Waals surface area contributed by atoms with E-state index in [4.69, 9.17) is 0 Å². The molecular weight excluding hydrogens is 164 g/mol. The zero-order chi connectivity index (χ0) is 9.26. The zero-order valence-corrected chi connectivity index (χ0v) is 7.68. The second kappa shape index (κ2) is 2.97. The molecule has 66 valence electrons. The van der Waals surface area contributed by atoms with Crippen molar-refractivity contribution in [3.8, 4) is 5.69 Å². The van der Waals surface area contributed by atoms with Gasteiger partial charge in [-0.15, -0.1) is 4.68 Å². The van der Waals surface area contributed by atoms with Gasteiger partial charge < -0.3 is 0 Å². The number of nitrogens with zero attached hydrogens (tertiary/aromatic N) is 4. The number of para-hydroxylation sites is 1. The predicted molar refractivity (Wildman–Crippen MR) is 47.3 cm³/mol. The van der Waals surface area contributed by atoms with E-state index in [0.29, 0.717) is 0 Å². The van der Waals surface area contributed by atoms with E-state index in [-0.39, 0.29) is 0 Å². The summed E-state index contributed by atoms with van der Waals surface area (Å²) in [7, 11) is 1.88. The maximum atomic E-state index is 4.25. The van der Waals surface area contributed by atoms with Crippen LogP contribution in [0.25, 0.3) is 5.69 Å². The van der Waals surface area contributed by atoms with Crippen LogP contribution in [0.15, 0.2) is 30.3 Å². The van der Waals surface area contributed by atoms with E-state index in [9.17, 15) is 0 Å². The van der Waals surface area contributed by atoms with E-state index in [0.717, 1.165) is 11.5 Å². The molecule has 0 atom stereocenters. The molecule has 0 bridgehead atoms. The quantitative estimate of drug-likeness (QED) is 0.588. The fraction of sp³-hybridized carbons (Fsp3) is 0.222. The molecule has 0 N–H and O–H groups in total. The number of tetrazole rings is 1. The lowest BCUT2D eigenvalue weighted by Crippen LogP contribution is -2.33. The molecule has 0 aliphatic rings. The van der Waals surface area contributed by atoms with Gasteiger partial charge in [-0.3, -0.25) is 0 Å². The Bertz CT molecular complexity index is 385. The maximum Gasteiger partial charge on any atom is 0.295 e. The predicted octanol–water partition coefficient (Wildman–Crippen LogP) is 0.400. The van der Waals surface area contributed by atoms with Gasteiger partial charge in [0.1, 0.15) is 0 Å². The molecule has 13 heavy (non-hydrogen) atoms. The molecule has 2 rings (SSSR count). The third-order valence-corrected chi connectivity index (χ3v) is 1.91. The van der Waals surface area contributed by atoms with E-state index >= 15 is 0 Å². The molecule has 0 unspecified atom stereocenters. The molecule has 2 aromatic rings.